The van der Waals surface area contributed by atoms with Crippen molar-refractivity contribution in [2.45, 2.75) is 8.69 Å². The average Bonchev–Trinajstić information content (AvgIpc) is 2.46. The van der Waals surface area contributed by atoms with Crippen LogP contribution in [0.2, 0.25) is 0 Å². The number of hydrogen-bond donors (Lipinski definition) is 0. The van der Waals surface area contributed by atoms with Crippen LogP contribution in [0.25, 0.3) is 0 Å². The number of carbonyl (C=O) groups is 1. The summed E-state index contributed by atoms with van der Waals surface area (Å²) >= 11 is 19.0. The van der Waals surface area contributed by atoms with E-state index in [0.717, 1.165) is 4.90 Å². The smallest absolute Gasteiger partial charge is 0.216 e. The Labute approximate surface area is 137 Å². The van der Waals surface area contributed by atoms with Gasteiger partial charge >= 0.3 is 0 Å². The second-order valence-electron chi connectivity index (χ2n) is 4.13. The fourth-order valence-electron chi connectivity index (χ4n) is 1.72. The van der Waals surface area contributed by atoms with Crippen molar-refractivity contribution in [2.24, 2.45) is 0 Å². The van der Waals surface area contributed by atoms with Gasteiger partial charge in [0.25, 0.3) is 0 Å². The van der Waals surface area contributed by atoms with Crippen molar-refractivity contribution >= 4 is 52.3 Å². The van der Waals surface area contributed by atoms with Crippen molar-refractivity contribution < 1.29 is 4.79 Å². The van der Waals surface area contributed by atoms with E-state index < -0.39 is 3.79 Å². The fourth-order valence-corrected chi connectivity index (χ4v) is 2.51. The molecule has 1 nitrogen and oxygen atoms in total. The van der Waals surface area contributed by atoms with Crippen LogP contribution in [0.1, 0.15) is 21.5 Å². The molecule has 0 N–H and O–H groups in total. The molecule has 2 aromatic rings. The molecule has 0 atom stereocenters. The third-order valence-electron chi connectivity index (χ3n) is 2.83. The third kappa shape index (κ3) is 3.70. The summed E-state index contributed by atoms with van der Waals surface area (Å²) in [6, 6.07) is 14.1. The molecule has 0 aliphatic rings. The maximum Gasteiger partial charge on any atom is 0.216 e. The van der Waals surface area contributed by atoms with Crippen molar-refractivity contribution in [3.8, 4) is 0 Å². The normalized spacial score (nSPS) is 11.4. The molecule has 5 heteroatoms. The summed E-state index contributed by atoms with van der Waals surface area (Å²) in [6.45, 7) is 0. The molecule has 0 aromatic heterocycles. The molecular formula is C15H11Cl3OS. The van der Waals surface area contributed by atoms with E-state index in [-0.39, 0.29) is 5.78 Å². The number of alkyl halides is 3. The van der Waals surface area contributed by atoms with Gasteiger partial charge in [-0.05, 0) is 30.5 Å². The van der Waals surface area contributed by atoms with E-state index in [1.165, 1.54) is 0 Å². The Morgan fingerprint density at radius 3 is 1.75 bits per heavy atom. The molecule has 0 saturated carbocycles. The minimum Gasteiger partial charge on any atom is -0.289 e. The summed E-state index contributed by atoms with van der Waals surface area (Å²) in [5.41, 5.74) is 1.75. The number of benzene rings is 2. The highest BCUT2D eigenvalue weighted by atomic mass is 35.6. The van der Waals surface area contributed by atoms with Gasteiger partial charge in [-0.3, -0.25) is 4.79 Å². The van der Waals surface area contributed by atoms with E-state index in [2.05, 4.69) is 0 Å². The number of carbonyl (C=O) groups excluding carboxylic acids is 1. The van der Waals surface area contributed by atoms with Crippen molar-refractivity contribution in [1.82, 2.24) is 0 Å². The lowest BCUT2D eigenvalue weighted by Gasteiger charge is -2.11. The summed E-state index contributed by atoms with van der Waals surface area (Å²) in [7, 11) is 0. The van der Waals surface area contributed by atoms with Gasteiger partial charge in [0.05, 0.1) is 0 Å². The predicted octanol–water partition coefficient (Wildman–Crippen LogP) is 5.47. The number of ketones is 1. The average molecular weight is 346 g/mol. The molecule has 2 rings (SSSR count). The van der Waals surface area contributed by atoms with Crippen molar-refractivity contribution in [1.29, 1.82) is 0 Å². The topological polar surface area (TPSA) is 17.1 Å². The fraction of sp³-hybridized carbons (Fsp3) is 0.133. The quantitative estimate of drug-likeness (QED) is 0.417. The second-order valence-corrected chi connectivity index (χ2v) is 7.29. The van der Waals surface area contributed by atoms with Gasteiger partial charge in [0.15, 0.2) is 5.78 Å². The lowest BCUT2D eigenvalue weighted by Crippen LogP contribution is -2.04. The monoisotopic (exact) mass is 344 g/mol. The first kappa shape index (κ1) is 15.7. The number of rotatable bonds is 3. The van der Waals surface area contributed by atoms with E-state index in [0.29, 0.717) is 16.7 Å². The van der Waals surface area contributed by atoms with Crippen LogP contribution in [0.15, 0.2) is 53.4 Å². The Balaban J connectivity index is 2.24. The van der Waals surface area contributed by atoms with Crippen LogP contribution in [0, 0.1) is 0 Å². The van der Waals surface area contributed by atoms with Crippen molar-refractivity contribution in [3.05, 3.63) is 65.2 Å². The largest absolute Gasteiger partial charge is 0.289 e. The Kier molecular flexibility index (Phi) is 5.03. The standard InChI is InChI=1S/C15H11Cl3OS/c1-20-13-8-4-11(5-9-13)14(19)10-2-6-12(7-3-10)15(16,17)18/h2-9H,1H3. The first-order chi connectivity index (χ1) is 9.41. The van der Waals surface area contributed by atoms with Crippen LogP contribution in [0.4, 0.5) is 0 Å². The van der Waals surface area contributed by atoms with Gasteiger partial charge in [0.2, 0.25) is 3.79 Å². The van der Waals surface area contributed by atoms with Crippen LogP contribution in [0.3, 0.4) is 0 Å². The van der Waals surface area contributed by atoms with Gasteiger partial charge < -0.3 is 0 Å². The SMILES string of the molecule is CSc1ccc(C(=O)c2ccc(C(Cl)(Cl)Cl)cc2)cc1. The molecule has 0 saturated heterocycles. The molecule has 104 valence electrons. The maximum absolute atomic E-state index is 12.3. The number of halogens is 3. The molecule has 20 heavy (non-hydrogen) atoms. The second kappa shape index (κ2) is 6.40. The third-order valence-corrected chi connectivity index (χ3v) is 4.22. The molecule has 2 aromatic carbocycles. The molecule has 0 aliphatic carbocycles. The Hall–Kier alpha value is -0.670. The minimum atomic E-state index is -1.47. The minimum absolute atomic E-state index is 0.0477. The zero-order valence-corrected chi connectivity index (χ0v) is 13.7. The summed E-state index contributed by atoms with van der Waals surface area (Å²) in [6.07, 6.45) is 1.99. The van der Waals surface area contributed by atoms with E-state index in [4.69, 9.17) is 34.8 Å². The Morgan fingerprint density at radius 1 is 0.900 bits per heavy atom. The van der Waals surface area contributed by atoms with Gasteiger partial charge in [-0.15, -0.1) is 11.8 Å². The van der Waals surface area contributed by atoms with Crippen LogP contribution >= 0.6 is 46.6 Å². The Bertz CT molecular complexity index is 601. The number of thioether (sulfide) groups is 1. The predicted molar refractivity (Wildman–Crippen MR) is 87.3 cm³/mol. The Morgan fingerprint density at radius 2 is 1.35 bits per heavy atom. The highest BCUT2D eigenvalue weighted by molar-refractivity contribution is 7.98. The van der Waals surface area contributed by atoms with Gasteiger partial charge in [0, 0.05) is 21.6 Å². The van der Waals surface area contributed by atoms with Crippen molar-refractivity contribution in [3.63, 3.8) is 0 Å². The molecule has 0 spiro atoms. The van der Waals surface area contributed by atoms with Crippen LogP contribution < -0.4 is 0 Å². The molecule has 0 amide bonds. The summed E-state index contributed by atoms with van der Waals surface area (Å²) in [5, 5.41) is 0. The zero-order chi connectivity index (χ0) is 14.8. The lowest BCUT2D eigenvalue weighted by atomic mass is 10.0. The first-order valence-electron chi connectivity index (χ1n) is 5.78. The van der Waals surface area contributed by atoms with Gasteiger partial charge in [-0.25, -0.2) is 0 Å². The molecule has 0 heterocycles. The van der Waals surface area contributed by atoms with E-state index in [1.807, 2.05) is 30.5 Å². The molecule has 0 radical (unpaired) electrons. The van der Waals surface area contributed by atoms with E-state index in [9.17, 15) is 4.79 Å². The highest BCUT2D eigenvalue weighted by Crippen LogP contribution is 2.38. The van der Waals surface area contributed by atoms with Crippen LogP contribution in [-0.2, 0) is 3.79 Å². The lowest BCUT2D eigenvalue weighted by molar-refractivity contribution is 0.103. The molecular weight excluding hydrogens is 335 g/mol. The highest BCUT2D eigenvalue weighted by Gasteiger charge is 2.22. The van der Waals surface area contributed by atoms with Gasteiger partial charge in [-0.1, -0.05) is 59.1 Å². The zero-order valence-electron chi connectivity index (χ0n) is 10.6. The first-order valence-corrected chi connectivity index (χ1v) is 8.13. The molecule has 0 aliphatic heterocycles. The van der Waals surface area contributed by atoms with Crippen LogP contribution in [0.5, 0.6) is 0 Å². The summed E-state index contributed by atoms with van der Waals surface area (Å²) in [4.78, 5) is 13.4. The van der Waals surface area contributed by atoms with Crippen LogP contribution in [-0.4, -0.2) is 12.0 Å². The summed E-state index contributed by atoms with van der Waals surface area (Å²) in [5.74, 6) is -0.0477. The molecule has 0 fully saturated rings. The van der Waals surface area contributed by atoms with Gasteiger partial charge in [0.1, 0.15) is 0 Å². The van der Waals surface area contributed by atoms with E-state index >= 15 is 0 Å². The maximum atomic E-state index is 12.3. The van der Waals surface area contributed by atoms with E-state index in [1.54, 1.807) is 36.0 Å². The number of hydrogen-bond acceptors (Lipinski definition) is 2. The summed E-state index contributed by atoms with van der Waals surface area (Å²) < 4.78 is -1.47. The van der Waals surface area contributed by atoms with Crippen molar-refractivity contribution in [2.75, 3.05) is 6.26 Å². The molecule has 0 bridgehead atoms. The molecule has 0 unspecified atom stereocenters. The van der Waals surface area contributed by atoms with Gasteiger partial charge in [-0.2, -0.15) is 0 Å².